The van der Waals surface area contributed by atoms with Crippen LogP contribution in [0.4, 0.5) is 0 Å². The number of nitrogens with zero attached hydrogens (tertiary/aromatic N) is 3. The fourth-order valence-electron chi connectivity index (χ4n) is 4.98. The molecule has 8 heteroatoms. The van der Waals surface area contributed by atoms with E-state index in [4.69, 9.17) is 4.74 Å². The summed E-state index contributed by atoms with van der Waals surface area (Å²) in [5.74, 6) is 0.496. The summed E-state index contributed by atoms with van der Waals surface area (Å²) in [5.41, 5.74) is 0.547. The summed E-state index contributed by atoms with van der Waals surface area (Å²) >= 11 is 1.32. The molecule has 2 fully saturated rings. The molecule has 0 radical (unpaired) electrons. The average Bonchev–Trinajstić information content (AvgIpc) is 3.08. The van der Waals surface area contributed by atoms with Gasteiger partial charge < -0.3 is 19.5 Å². The van der Waals surface area contributed by atoms with Crippen molar-refractivity contribution in [2.45, 2.75) is 45.1 Å². The fraction of sp³-hybridized carbons (Fsp3) is 0.667. The molecule has 1 N–H and O–H groups in total. The normalized spacial score (nSPS) is 22.6. The number of H-pyrrole nitrogens is 1. The van der Waals surface area contributed by atoms with Crippen LogP contribution in [0.15, 0.2) is 11.1 Å². The quantitative estimate of drug-likeness (QED) is 0.780. The van der Waals surface area contributed by atoms with Gasteiger partial charge in [-0.2, -0.15) is 0 Å². The van der Waals surface area contributed by atoms with Crippen molar-refractivity contribution in [1.82, 2.24) is 19.8 Å². The highest BCUT2D eigenvalue weighted by Crippen LogP contribution is 2.33. The highest BCUT2D eigenvalue weighted by atomic mass is 32.1. The number of nitrogens with one attached hydrogen (secondary N) is 1. The van der Waals surface area contributed by atoms with E-state index in [0.29, 0.717) is 40.2 Å². The van der Waals surface area contributed by atoms with Crippen molar-refractivity contribution in [2.24, 2.45) is 5.92 Å². The Morgan fingerprint density at radius 2 is 2.17 bits per heavy atom. The van der Waals surface area contributed by atoms with Gasteiger partial charge in [0.1, 0.15) is 4.83 Å². The lowest BCUT2D eigenvalue weighted by molar-refractivity contribution is 0.0317. The summed E-state index contributed by atoms with van der Waals surface area (Å²) in [4.78, 5) is 38.4. The third kappa shape index (κ3) is 4.11. The van der Waals surface area contributed by atoms with Crippen LogP contribution < -0.4 is 5.56 Å². The number of aromatic amines is 1. The Bertz CT molecular complexity index is 922. The first-order valence-corrected chi connectivity index (χ1v) is 11.4. The van der Waals surface area contributed by atoms with Crippen molar-refractivity contribution in [1.29, 1.82) is 0 Å². The van der Waals surface area contributed by atoms with Crippen molar-refractivity contribution in [3.63, 3.8) is 0 Å². The molecule has 2 aromatic rings. The van der Waals surface area contributed by atoms with Gasteiger partial charge in [0, 0.05) is 26.2 Å². The van der Waals surface area contributed by atoms with Crippen LogP contribution in [0, 0.1) is 12.8 Å². The van der Waals surface area contributed by atoms with E-state index in [1.807, 2.05) is 11.8 Å². The molecule has 0 aromatic carbocycles. The smallest absolute Gasteiger partial charge is 0.264 e. The maximum Gasteiger partial charge on any atom is 0.264 e. The number of hydrogen-bond donors (Lipinski definition) is 1. The van der Waals surface area contributed by atoms with Gasteiger partial charge in [0.15, 0.2) is 0 Å². The third-order valence-electron chi connectivity index (χ3n) is 6.46. The van der Waals surface area contributed by atoms with E-state index in [1.165, 1.54) is 62.9 Å². The number of ether oxygens (including phenoxy) is 1. The largest absolute Gasteiger partial charge is 0.383 e. The first-order chi connectivity index (χ1) is 14.1. The number of aryl methyl sites for hydroxylation is 1. The molecule has 0 spiro atoms. The number of aromatic nitrogens is 2. The van der Waals surface area contributed by atoms with Gasteiger partial charge in [-0.3, -0.25) is 9.59 Å². The second-order valence-electron chi connectivity index (χ2n) is 8.21. The van der Waals surface area contributed by atoms with Gasteiger partial charge in [0.25, 0.3) is 11.5 Å². The number of thiophene rings is 1. The predicted molar refractivity (Wildman–Crippen MR) is 115 cm³/mol. The van der Waals surface area contributed by atoms with Gasteiger partial charge in [0.2, 0.25) is 0 Å². The second-order valence-corrected chi connectivity index (χ2v) is 9.21. The number of methoxy groups -OCH3 is 1. The van der Waals surface area contributed by atoms with Crippen molar-refractivity contribution in [3.8, 4) is 0 Å². The minimum atomic E-state index is -0.184. The number of carbonyl (C=O) groups is 1. The van der Waals surface area contributed by atoms with Gasteiger partial charge in [-0.05, 0) is 57.2 Å². The Balaban J connectivity index is 1.59. The van der Waals surface area contributed by atoms with E-state index in [1.54, 1.807) is 7.11 Å². The molecule has 4 heterocycles. The van der Waals surface area contributed by atoms with Gasteiger partial charge in [0.05, 0.1) is 23.2 Å². The van der Waals surface area contributed by atoms with Crippen molar-refractivity contribution >= 4 is 27.5 Å². The molecule has 2 aliphatic rings. The molecule has 0 saturated carbocycles. The first-order valence-electron chi connectivity index (χ1n) is 10.6. The molecule has 0 aliphatic carbocycles. The summed E-state index contributed by atoms with van der Waals surface area (Å²) in [7, 11) is 1.67. The molecular formula is C21H30N4O3S. The number of amides is 1. The Kier molecular flexibility index (Phi) is 6.32. The van der Waals surface area contributed by atoms with E-state index >= 15 is 0 Å². The maximum absolute atomic E-state index is 13.5. The molecule has 2 saturated heterocycles. The molecule has 2 unspecified atom stereocenters. The Labute approximate surface area is 175 Å². The monoisotopic (exact) mass is 418 g/mol. The van der Waals surface area contributed by atoms with E-state index < -0.39 is 0 Å². The highest BCUT2D eigenvalue weighted by Gasteiger charge is 2.35. The molecular weight excluding hydrogens is 388 g/mol. The number of carbonyl (C=O) groups excluding carboxylic acids is 1. The van der Waals surface area contributed by atoms with Crippen LogP contribution in [-0.2, 0) is 4.74 Å². The fourth-order valence-corrected chi connectivity index (χ4v) is 6.09. The zero-order valence-electron chi connectivity index (χ0n) is 17.3. The van der Waals surface area contributed by atoms with E-state index in [-0.39, 0.29) is 11.5 Å². The Morgan fingerprint density at radius 1 is 1.34 bits per heavy atom. The molecule has 29 heavy (non-hydrogen) atoms. The highest BCUT2D eigenvalue weighted by molar-refractivity contribution is 7.20. The molecule has 0 bridgehead atoms. The van der Waals surface area contributed by atoms with Gasteiger partial charge in [-0.1, -0.05) is 6.42 Å². The van der Waals surface area contributed by atoms with Gasteiger partial charge >= 0.3 is 0 Å². The number of fused-ring (bicyclic) bond motifs is 2. The minimum absolute atomic E-state index is 0.00474. The van der Waals surface area contributed by atoms with E-state index in [9.17, 15) is 9.59 Å². The summed E-state index contributed by atoms with van der Waals surface area (Å²) in [6.45, 7) is 6.06. The van der Waals surface area contributed by atoms with Crippen LogP contribution in [0.2, 0.25) is 0 Å². The zero-order chi connectivity index (χ0) is 20.4. The van der Waals surface area contributed by atoms with Crippen LogP contribution in [0.5, 0.6) is 0 Å². The van der Waals surface area contributed by atoms with Crippen LogP contribution in [-0.4, -0.2) is 71.6 Å². The van der Waals surface area contributed by atoms with Crippen LogP contribution >= 0.6 is 11.3 Å². The SMILES string of the molecule is COCCN(CC1CCCN2CCCCC12)C(=O)c1sc2nc[nH]c(=O)c2c1C. The van der Waals surface area contributed by atoms with Gasteiger partial charge in [-0.15, -0.1) is 11.3 Å². The Hall–Kier alpha value is -1.77. The second kappa shape index (κ2) is 8.93. The molecule has 2 aromatic heterocycles. The minimum Gasteiger partial charge on any atom is -0.383 e. The number of piperidine rings is 2. The van der Waals surface area contributed by atoms with Crippen molar-refractivity contribution in [3.05, 3.63) is 27.1 Å². The summed E-state index contributed by atoms with van der Waals surface area (Å²) in [5, 5.41) is 0.531. The molecule has 2 atom stereocenters. The molecule has 2 aliphatic heterocycles. The molecule has 4 rings (SSSR count). The van der Waals surface area contributed by atoms with E-state index in [0.717, 1.165) is 12.1 Å². The molecule has 7 nitrogen and oxygen atoms in total. The summed E-state index contributed by atoms with van der Waals surface area (Å²) < 4.78 is 5.29. The van der Waals surface area contributed by atoms with Crippen molar-refractivity contribution < 1.29 is 9.53 Å². The topological polar surface area (TPSA) is 78.5 Å². The summed E-state index contributed by atoms with van der Waals surface area (Å²) in [6.07, 6.45) is 7.58. The molecule has 158 valence electrons. The Morgan fingerprint density at radius 3 is 2.97 bits per heavy atom. The summed E-state index contributed by atoms with van der Waals surface area (Å²) in [6, 6.07) is 0.586. The zero-order valence-corrected chi connectivity index (χ0v) is 18.1. The first kappa shape index (κ1) is 20.5. The lowest BCUT2D eigenvalue weighted by atomic mass is 9.83. The average molecular weight is 419 g/mol. The third-order valence-corrected chi connectivity index (χ3v) is 7.65. The van der Waals surface area contributed by atoms with Crippen LogP contribution in [0.25, 0.3) is 10.2 Å². The van der Waals surface area contributed by atoms with Crippen LogP contribution in [0.3, 0.4) is 0 Å². The van der Waals surface area contributed by atoms with Crippen LogP contribution in [0.1, 0.15) is 47.3 Å². The van der Waals surface area contributed by atoms with Crippen molar-refractivity contribution in [2.75, 3.05) is 39.9 Å². The predicted octanol–water partition coefficient (Wildman–Crippen LogP) is 2.65. The molecule has 1 amide bonds. The maximum atomic E-state index is 13.5. The number of hydrogen-bond acceptors (Lipinski definition) is 6. The standard InChI is InChI=1S/C21H30N4O3S/c1-14-17-19(26)22-13-23-20(17)29-18(14)21(27)25(10-11-28-2)12-15-6-5-9-24-8-4-3-7-16(15)24/h13,15-16H,3-12H2,1-2H3,(H,22,23,26). The lowest BCUT2D eigenvalue weighted by Gasteiger charge is -2.45. The van der Waals surface area contributed by atoms with Gasteiger partial charge in [-0.25, -0.2) is 4.98 Å². The number of rotatable bonds is 6. The lowest BCUT2D eigenvalue weighted by Crippen LogP contribution is -2.52. The van der Waals surface area contributed by atoms with E-state index in [2.05, 4.69) is 14.9 Å².